The average molecular weight is 452 g/mol. The van der Waals surface area contributed by atoms with Crippen LogP contribution in [0, 0.1) is 25.2 Å². The summed E-state index contributed by atoms with van der Waals surface area (Å²) >= 11 is 0. The second kappa shape index (κ2) is 10.5. The molecule has 7 heteroatoms. The molecule has 0 unspecified atom stereocenters. The van der Waals surface area contributed by atoms with E-state index in [2.05, 4.69) is 26.7 Å². The monoisotopic (exact) mass is 451 g/mol. The third kappa shape index (κ3) is 5.30. The van der Waals surface area contributed by atoms with Crippen molar-refractivity contribution in [3.05, 3.63) is 83.7 Å². The SMILES string of the molecule is Cc1cc(C)nc(NCCCC(=O)Nc2oc(-c3ccccc3)c(-c3ccccc3)c2C#N)n1. The Kier molecular flexibility index (Phi) is 6.99. The molecule has 2 N–H and O–H groups in total. The Hall–Kier alpha value is -4.44. The Morgan fingerprint density at radius 2 is 1.59 bits per heavy atom. The van der Waals surface area contributed by atoms with Crippen molar-refractivity contribution in [2.45, 2.75) is 26.7 Å². The van der Waals surface area contributed by atoms with Crippen molar-refractivity contribution >= 4 is 17.7 Å². The number of carbonyl (C=O) groups is 1. The lowest BCUT2D eigenvalue weighted by atomic mass is 9.98. The zero-order valence-corrected chi connectivity index (χ0v) is 19.1. The van der Waals surface area contributed by atoms with Gasteiger partial charge in [-0.25, -0.2) is 9.97 Å². The second-order valence-electron chi connectivity index (χ2n) is 7.91. The first kappa shape index (κ1) is 22.7. The highest BCUT2D eigenvalue weighted by molar-refractivity contribution is 5.95. The molecular formula is C27H25N5O2. The maximum Gasteiger partial charge on any atom is 0.226 e. The molecular weight excluding hydrogens is 426 g/mol. The minimum atomic E-state index is -0.229. The fourth-order valence-electron chi connectivity index (χ4n) is 3.74. The van der Waals surface area contributed by atoms with Crippen LogP contribution < -0.4 is 10.6 Å². The number of anilines is 2. The van der Waals surface area contributed by atoms with Gasteiger partial charge in [0.2, 0.25) is 17.7 Å². The third-order valence-electron chi connectivity index (χ3n) is 5.22. The number of hydrogen-bond donors (Lipinski definition) is 2. The maximum atomic E-state index is 12.7. The molecule has 0 aliphatic heterocycles. The number of aromatic nitrogens is 2. The Morgan fingerprint density at radius 1 is 0.971 bits per heavy atom. The number of amides is 1. The third-order valence-corrected chi connectivity index (χ3v) is 5.22. The Morgan fingerprint density at radius 3 is 2.21 bits per heavy atom. The van der Waals surface area contributed by atoms with E-state index in [1.807, 2.05) is 80.6 Å². The van der Waals surface area contributed by atoms with Crippen molar-refractivity contribution in [2.24, 2.45) is 0 Å². The first-order valence-electron chi connectivity index (χ1n) is 11.1. The maximum absolute atomic E-state index is 12.7. The van der Waals surface area contributed by atoms with E-state index in [0.717, 1.165) is 22.5 Å². The summed E-state index contributed by atoms with van der Waals surface area (Å²) in [4.78, 5) is 21.3. The fourth-order valence-corrected chi connectivity index (χ4v) is 3.74. The number of hydrogen-bond acceptors (Lipinski definition) is 6. The summed E-state index contributed by atoms with van der Waals surface area (Å²) in [5, 5.41) is 15.9. The van der Waals surface area contributed by atoms with Gasteiger partial charge >= 0.3 is 0 Å². The highest BCUT2D eigenvalue weighted by Gasteiger charge is 2.24. The smallest absolute Gasteiger partial charge is 0.226 e. The van der Waals surface area contributed by atoms with Gasteiger partial charge in [0.05, 0.1) is 0 Å². The number of nitrogens with one attached hydrogen (secondary N) is 2. The molecule has 0 radical (unpaired) electrons. The van der Waals surface area contributed by atoms with Crippen LogP contribution in [0.25, 0.3) is 22.5 Å². The number of nitriles is 1. The molecule has 0 bridgehead atoms. The van der Waals surface area contributed by atoms with E-state index in [-0.39, 0.29) is 18.2 Å². The molecule has 0 atom stereocenters. The molecule has 4 rings (SSSR count). The van der Waals surface area contributed by atoms with Crippen molar-refractivity contribution in [1.29, 1.82) is 5.26 Å². The van der Waals surface area contributed by atoms with E-state index < -0.39 is 0 Å². The normalized spacial score (nSPS) is 10.5. The minimum Gasteiger partial charge on any atom is -0.438 e. The summed E-state index contributed by atoms with van der Waals surface area (Å²) in [6.45, 7) is 4.37. The van der Waals surface area contributed by atoms with Crippen molar-refractivity contribution < 1.29 is 9.21 Å². The van der Waals surface area contributed by atoms with E-state index in [1.54, 1.807) is 0 Å². The second-order valence-corrected chi connectivity index (χ2v) is 7.91. The molecule has 0 saturated carbocycles. The van der Waals surface area contributed by atoms with Crippen LogP contribution in [0.15, 0.2) is 71.1 Å². The van der Waals surface area contributed by atoms with Crippen molar-refractivity contribution in [2.75, 3.05) is 17.2 Å². The average Bonchev–Trinajstić information content (AvgIpc) is 3.20. The zero-order valence-electron chi connectivity index (χ0n) is 19.1. The predicted molar refractivity (Wildman–Crippen MR) is 132 cm³/mol. The quantitative estimate of drug-likeness (QED) is 0.332. The van der Waals surface area contributed by atoms with Gasteiger partial charge in [-0.05, 0) is 31.9 Å². The molecule has 2 aromatic carbocycles. The fraction of sp³-hybridized carbons (Fsp3) is 0.185. The topological polar surface area (TPSA) is 104 Å². The lowest BCUT2D eigenvalue weighted by Gasteiger charge is -2.06. The Labute approximate surface area is 198 Å². The van der Waals surface area contributed by atoms with Crippen LogP contribution in [-0.4, -0.2) is 22.4 Å². The number of rotatable bonds is 8. The Bertz CT molecular complexity index is 1300. The molecule has 4 aromatic rings. The number of furan rings is 1. The van der Waals surface area contributed by atoms with Gasteiger partial charge in [-0.15, -0.1) is 0 Å². The molecule has 170 valence electrons. The van der Waals surface area contributed by atoms with Crippen molar-refractivity contribution in [3.8, 4) is 28.5 Å². The lowest BCUT2D eigenvalue weighted by Crippen LogP contribution is -2.14. The molecule has 34 heavy (non-hydrogen) atoms. The van der Waals surface area contributed by atoms with E-state index >= 15 is 0 Å². The highest BCUT2D eigenvalue weighted by atomic mass is 16.4. The summed E-state index contributed by atoms with van der Waals surface area (Å²) in [5.41, 5.74) is 4.42. The van der Waals surface area contributed by atoms with Crippen molar-refractivity contribution in [1.82, 2.24) is 9.97 Å². The standard InChI is InChI=1S/C27H25N5O2/c1-18-16-19(2)31-27(30-18)29-15-9-14-23(33)32-26-22(17-28)24(20-10-5-3-6-11-20)25(34-26)21-12-7-4-8-13-21/h3-8,10-13,16H,9,14-15H2,1-2H3,(H,32,33)(H,29,30,31). The lowest BCUT2D eigenvalue weighted by molar-refractivity contribution is -0.116. The van der Waals surface area contributed by atoms with Crippen LogP contribution in [0.3, 0.4) is 0 Å². The highest BCUT2D eigenvalue weighted by Crippen LogP contribution is 2.41. The molecule has 0 aliphatic rings. The Balaban J connectivity index is 1.50. The first-order valence-corrected chi connectivity index (χ1v) is 11.1. The largest absolute Gasteiger partial charge is 0.438 e. The molecule has 0 fully saturated rings. The van der Waals surface area contributed by atoms with Crippen LogP contribution in [0.5, 0.6) is 0 Å². The van der Waals surface area contributed by atoms with Gasteiger partial charge in [0, 0.05) is 35.5 Å². The summed E-state index contributed by atoms with van der Waals surface area (Å²) < 4.78 is 6.06. The molecule has 0 saturated heterocycles. The first-order chi connectivity index (χ1) is 16.5. The summed E-state index contributed by atoms with van der Waals surface area (Å²) in [5.74, 6) is 1.03. The summed E-state index contributed by atoms with van der Waals surface area (Å²) in [6, 6.07) is 23.3. The van der Waals surface area contributed by atoms with Crippen LogP contribution in [0.1, 0.15) is 29.8 Å². The van der Waals surface area contributed by atoms with Gasteiger partial charge in [0.25, 0.3) is 0 Å². The van der Waals surface area contributed by atoms with Gasteiger partial charge < -0.3 is 9.73 Å². The van der Waals surface area contributed by atoms with Gasteiger partial charge in [-0.1, -0.05) is 60.7 Å². The van der Waals surface area contributed by atoms with E-state index in [1.165, 1.54) is 0 Å². The number of benzene rings is 2. The number of aryl methyl sites for hydroxylation is 2. The summed E-state index contributed by atoms with van der Waals surface area (Å²) in [6.07, 6.45) is 0.826. The van der Waals surface area contributed by atoms with E-state index in [4.69, 9.17) is 4.42 Å². The summed E-state index contributed by atoms with van der Waals surface area (Å²) in [7, 11) is 0. The van der Waals surface area contributed by atoms with Crippen LogP contribution >= 0.6 is 0 Å². The van der Waals surface area contributed by atoms with Gasteiger partial charge in [-0.3, -0.25) is 10.1 Å². The molecule has 7 nitrogen and oxygen atoms in total. The van der Waals surface area contributed by atoms with Gasteiger partial charge in [-0.2, -0.15) is 5.26 Å². The predicted octanol–water partition coefficient (Wildman–Crippen LogP) is 5.72. The van der Waals surface area contributed by atoms with Crippen LogP contribution in [0.4, 0.5) is 11.8 Å². The molecule has 1 amide bonds. The van der Waals surface area contributed by atoms with E-state index in [0.29, 0.717) is 35.8 Å². The molecule has 2 aromatic heterocycles. The molecule has 0 aliphatic carbocycles. The van der Waals surface area contributed by atoms with Gasteiger partial charge in [0.15, 0.2) is 0 Å². The molecule has 0 spiro atoms. The molecule has 2 heterocycles. The van der Waals surface area contributed by atoms with Crippen molar-refractivity contribution in [3.63, 3.8) is 0 Å². The number of nitrogens with zero attached hydrogens (tertiary/aromatic N) is 3. The zero-order chi connectivity index (χ0) is 23.9. The van der Waals surface area contributed by atoms with Gasteiger partial charge in [0.1, 0.15) is 17.4 Å². The van der Waals surface area contributed by atoms with Crippen LogP contribution in [-0.2, 0) is 4.79 Å². The minimum absolute atomic E-state index is 0.163. The van der Waals surface area contributed by atoms with Crippen LogP contribution in [0.2, 0.25) is 0 Å². The van der Waals surface area contributed by atoms with E-state index in [9.17, 15) is 10.1 Å². The number of carbonyl (C=O) groups excluding carboxylic acids is 1.